The first-order valence-electron chi connectivity index (χ1n) is 3.83. The highest BCUT2D eigenvalue weighted by atomic mass is 35.5. The predicted molar refractivity (Wildman–Crippen MR) is 50.9 cm³/mol. The van der Waals surface area contributed by atoms with Crippen LogP contribution in [0, 0.1) is 5.82 Å². The van der Waals surface area contributed by atoms with E-state index < -0.39 is 5.82 Å². The van der Waals surface area contributed by atoms with E-state index in [1.54, 1.807) is 6.07 Å². The van der Waals surface area contributed by atoms with Gasteiger partial charge in [-0.05, 0) is 17.7 Å². The van der Waals surface area contributed by atoms with Crippen molar-refractivity contribution in [3.63, 3.8) is 0 Å². The lowest BCUT2D eigenvalue weighted by atomic mass is 10.3. The molecule has 0 atom stereocenters. The number of nitrogens with zero attached hydrogens (tertiary/aromatic N) is 3. The van der Waals surface area contributed by atoms with E-state index in [4.69, 9.17) is 21.9 Å². The Morgan fingerprint density at radius 1 is 1.57 bits per heavy atom. The molecule has 0 bridgehead atoms. The van der Waals surface area contributed by atoms with Crippen LogP contribution in [0.5, 0.6) is 5.75 Å². The highest BCUT2D eigenvalue weighted by molar-refractivity contribution is 6.30. The fourth-order valence-corrected chi connectivity index (χ4v) is 0.933. The Morgan fingerprint density at radius 2 is 2.36 bits per heavy atom. The van der Waals surface area contributed by atoms with E-state index in [9.17, 15) is 4.39 Å². The Hall–Kier alpha value is -1.45. The fraction of sp³-hybridized carbons (Fsp3) is 0.250. The number of ether oxygens (including phenoxy) is 1. The van der Waals surface area contributed by atoms with E-state index in [0.29, 0.717) is 5.75 Å². The van der Waals surface area contributed by atoms with Crippen molar-refractivity contribution in [2.75, 3.05) is 13.2 Å². The summed E-state index contributed by atoms with van der Waals surface area (Å²) in [6, 6.07) is 4.12. The van der Waals surface area contributed by atoms with Crippen LogP contribution in [-0.2, 0) is 0 Å². The van der Waals surface area contributed by atoms with Crippen LogP contribution in [0.15, 0.2) is 23.3 Å². The highest BCUT2D eigenvalue weighted by Crippen LogP contribution is 2.20. The summed E-state index contributed by atoms with van der Waals surface area (Å²) in [4.78, 5) is 2.55. The van der Waals surface area contributed by atoms with E-state index >= 15 is 0 Å². The zero-order valence-corrected chi connectivity index (χ0v) is 7.91. The molecule has 14 heavy (non-hydrogen) atoms. The average Bonchev–Trinajstić information content (AvgIpc) is 2.18. The van der Waals surface area contributed by atoms with Gasteiger partial charge in [0.15, 0.2) is 0 Å². The summed E-state index contributed by atoms with van der Waals surface area (Å²) in [7, 11) is 0. The van der Waals surface area contributed by atoms with Gasteiger partial charge in [-0.15, -0.1) is 0 Å². The average molecular weight is 216 g/mol. The van der Waals surface area contributed by atoms with Crippen molar-refractivity contribution in [2.45, 2.75) is 0 Å². The standard InChI is InChI=1S/C8H7ClFN3O/c9-7-2-1-6(5-8(7)10)14-4-3-12-13-11/h1-2,5H,3-4H2. The molecule has 0 radical (unpaired) electrons. The van der Waals surface area contributed by atoms with Gasteiger partial charge >= 0.3 is 0 Å². The first kappa shape index (κ1) is 10.6. The molecule has 0 amide bonds. The Bertz CT molecular complexity index is 366. The van der Waals surface area contributed by atoms with Crippen molar-refractivity contribution in [3.8, 4) is 5.75 Å². The third kappa shape index (κ3) is 3.12. The maximum Gasteiger partial charge on any atom is 0.145 e. The van der Waals surface area contributed by atoms with Crippen LogP contribution in [-0.4, -0.2) is 13.2 Å². The fourth-order valence-electron chi connectivity index (χ4n) is 0.816. The molecule has 1 aromatic carbocycles. The number of rotatable bonds is 4. The Kier molecular flexibility index (Phi) is 4.04. The van der Waals surface area contributed by atoms with Crippen molar-refractivity contribution in [1.82, 2.24) is 0 Å². The van der Waals surface area contributed by atoms with Gasteiger partial charge in [-0.25, -0.2) is 4.39 Å². The van der Waals surface area contributed by atoms with Crippen LogP contribution in [0.3, 0.4) is 0 Å². The van der Waals surface area contributed by atoms with Crippen molar-refractivity contribution in [2.24, 2.45) is 5.11 Å². The van der Waals surface area contributed by atoms with Gasteiger partial charge in [-0.1, -0.05) is 16.7 Å². The minimum Gasteiger partial charge on any atom is -0.493 e. The molecule has 1 aromatic rings. The van der Waals surface area contributed by atoms with Gasteiger partial charge in [-0.2, -0.15) is 0 Å². The van der Waals surface area contributed by atoms with Gasteiger partial charge in [-0.3, -0.25) is 0 Å². The van der Waals surface area contributed by atoms with Crippen LogP contribution in [0.4, 0.5) is 4.39 Å². The molecule has 0 aliphatic carbocycles. The zero-order valence-electron chi connectivity index (χ0n) is 7.15. The van der Waals surface area contributed by atoms with E-state index in [2.05, 4.69) is 10.0 Å². The Balaban J connectivity index is 2.51. The summed E-state index contributed by atoms with van der Waals surface area (Å²) in [6.45, 7) is 0.422. The third-order valence-corrected chi connectivity index (χ3v) is 1.72. The second-order valence-corrected chi connectivity index (χ2v) is 2.79. The van der Waals surface area contributed by atoms with Crippen LogP contribution in [0.1, 0.15) is 0 Å². The zero-order chi connectivity index (χ0) is 10.4. The normalized spacial score (nSPS) is 9.29. The maximum atomic E-state index is 12.9. The molecular formula is C8H7ClFN3O. The molecule has 6 heteroatoms. The van der Waals surface area contributed by atoms with Gasteiger partial charge in [0.2, 0.25) is 0 Å². The first-order valence-corrected chi connectivity index (χ1v) is 4.20. The van der Waals surface area contributed by atoms with Crippen molar-refractivity contribution in [1.29, 1.82) is 0 Å². The Labute approximate surface area is 84.9 Å². The van der Waals surface area contributed by atoms with Gasteiger partial charge in [0.25, 0.3) is 0 Å². The third-order valence-electron chi connectivity index (χ3n) is 1.41. The molecule has 0 saturated heterocycles. The smallest absolute Gasteiger partial charge is 0.145 e. The summed E-state index contributed by atoms with van der Waals surface area (Å²) < 4.78 is 17.9. The van der Waals surface area contributed by atoms with Gasteiger partial charge in [0, 0.05) is 11.0 Å². The number of halogens is 2. The predicted octanol–water partition coefficient (Wildman–Crippen LogP) is 3.17. The molecule has 1 rings (SSSR count). The Morgan fingerprint density at radius 3 is 3.00 bits per heavy atom. The molecule has 0 aromatic heterocycles. The van der Waals surface area contributed by atoms with Gasteiger partial charge in [0.1, 0.15) is 11.6 Å². The van der Waals surface area contributed by atoms with E-state index in [1.165, 1.54) is 12.1 Å². The van der Waals surface area contributed by atoms with Gasteiger partial charge in [0.05, 0.1) is 18.2 Å². The molecule has 0 heterocycles. The van der Waals surface area contributed by atoms with Crippen LogP contribution in [0.2, 0.25) is 5.02 Å². The minimum absolute atomic E-state index is 0.0485. The number of azide groups is 1. The topological polar surface area (TPSA) is 58.0 Å². The molecule has 0 aliphatic heterocycles. The second kappa shape index (κ2) is 5.32. The van der Waals surface area contributed by atoms with E-state index in [1.807, 2.05) is 0 Å². The van der Waals surface area contributed by atoms with Crippen LogP contribution < -0.4 is 4.74 Å². The quantitative estimate of drug-likeness (QED) is 0.329. The van der Waals surface area contributed by atoms with Crippen LogP contribution in [0.25, 0.3) is 10.4 Å². The maximum absolute atomic E-state index is 12.9. The molecule has 74 valence electrons. The van der Waals surface area contributed by atoms with Gasteiger partial charge < -0.3 is 4.74 Å². The molecule has 4 nitrogen and oxygen atoms in total. The van der Waals surface area contributed by atoms with Crippen molar-refractivity contribution < 1.29 is 9.13 Å². The summed E-state index contributed by atoms with van der Waals surface area (Å²) in [6.07, 6.45) is 0. The molecule has 0 N–H and O–H groups in total. The summed E-state index contributed by atoms with van der Waals surface area (Å²) in [5.74, 6) is -0.173. The molecule has 0 fully saturated rings. The second-order valence-electron chi connectivity index (χ2n) is 2.38. The lowest BCUT2D eigenvalue weighted by molar-refractivity contribution is 0.326. The number of hydrogen-bond acceptors (Lipinski definition) is 2. The number of benzene rings is 1. The number of hydrogen-bond donors (Lipinski definition) is 0. The van der Waals surface area contributed by atoms with Crippen molar-refractivity contribution in [3.05, 3.63) is 39.5 Å². The summed E-state index contributed by atoms with van der Waals surface area (Å²) >= 11 is 5.47. The monoisotopic (exact) mass is 215 g/mol. The van der Waals surface area contributed by atoms with E-state index in [0.717, 1.165) is 0 Å². The lowest BCUT2D eigenvalue weighted by Crippen LogP contribution is -2.00. The van der Waals surface area contributed by atoms with Crippen molar-refractivity contribution >= 4 is 11.6 Å². The molecular weight excluding hydrogens is 209 g/mol. The lowest BCUT2D eigenvalue weighted by Gasteiger charge is -2.03. The van der Waals surface area contributed by atoms with Crippen LogP contribution >= 0.6 is 11.6 Å². The first-order chi connectivity index (χ1) is 6.74. The summed E-state index contributed by atoms with van der Waals surface area (Å²) in [5, 5.41) is 3.31. The summed E-state index contributed by atoms with van der Waals surface area (Å²) in [5.41, 5.74) is 7.97. The minimum atomic E-state index is -0.534. The molecule has 0 aliphatic rings. The van der Waals surface area contributed by atoms with E-state index in [-0.39, 0.29) is 18.2 Å². The molecule has 0 saturated carbocycles. The highest BCUT2D eigenvalue weighted by Gasteiger charge is 2.00. The molecule has 0 spiro atoms. The molecule has 0 unspecified atom stereocenters. The SMILES string of the molecule is [N-]=[N+]=NCCOc1ccc(Cl)c(F)c1. The largest absolute Gasteiger partial charge is 0.493 e.